The second-order valence-electron chi connectivity index (χ2n) is 4.06. The van der Waals surface area contributed by atoms with Crippen LogP contribution >= 0.6 is 11.6 Å². The molecule has 2 nitrogen and oxygen atoms in total. The number of hydrogen-bond acceptors (Lipinski definition) is 2. The first kappa shape index (κ1) is 12.2. The molecule has 0 aliphatic rings. The largest absolute Gasteiger partial charge is 0.357 e. The van der Waals surface area contributed by atoms with Gasteiger partial charge in [-0.3, -0.25) is 0 Å². The van der Waals surface area contributed by atoms with E-state index >= 15 is 0 Å². The zero-order valence-corrected chi connectivity index (χ0v) is 10.1. The Kier molecular flexibility index (Phi) is 4.33. The fourth-order valence-corrected chi connectivity index (χ4v) is 1.39. The maximum Gasteiger partial charge on any atom is 0.167 e. The number of aromatic nitrogens is 1. The van der Waals surface area contributed by atoms with Crippen LogP contribution < -0.4 is 4.90 Å². The van der Waals surface area contributed by atoms with Gasteiger partial charge in [0.25, 0.3) is 0 Å². The van der Waals surface area contributed by atoms with Crippen LogP contribution in [0.3, 0.4) is 0 Å². The Morgan fingerprint density at radius 2 is 2.20 bits per heavy atom. The molecule has 1 aromatic heterocycles. The van der Waals surface area contributed by atoms with E-state index in [9.17, 15) is 4.39 Å². The molecular formula is C11H16ClFN2. The molecule has 0 saturated carbocycles. The topological polar surface area (TPSA) is 16.1 Å². The van der Waals surface area contributed by atoms with E-state index in [1.807, 2.05) is 11.9 Å². The van der Waals surface area contributed by atoms with E-state index in [0.717, 1.165) is 13.0 Å². The van der Waals surface area contributed by atoms with Crippen LogP contribution in [0.1, 0.15) is 20.3 Å². The molecular weight excluding hydrogens is 215 g/mol. The lowest BCUT2D eigenvalue weighted by Gasteiger charge is -2.19. The number of rotatable bonds is 4. The molecule has 1 aromatic rings. The first-order valence-electron chi connectivity index (χ1n) is 5.03. The minimum Gasteiger partial charge on any atom is -0.357 e. The average Bonchev–Trinajstić information content (AvgIpc) is 2.14. The van der Waals surface area contributed by atoms with Crippen LogP contribution in [0.15, 0.2) is 12.3 Å². The molecule has 0 amide bonds. The van der Waals surface area contributed by atoms with Gasteiger partial charge in [0.2, 0.25) is 0 Å². The van der Waals surface area contributed by atoms with Crippen LogP contribution in [-0.2, 0) is 0 Å². The van der Waals surface area contributed by atoms with Crippen molar-refractivity contribution in [1.82, 2.24) is 4.98 Å². The van der Waals surface area contributed by atoms with E-state index in [2.05, 4.69) is 18.8 Å². The minimum absolute atomic E-state index is 0.327. The molecule has 0 aliphatic heterocycles. The van der Waals surface area contributed by atoms with Crippen LogP contribution in [0.2, 0.25) is 5.02 Å². The van der Waals surface area contributed by atoms with Crippen molar-refractivity contribution >= 4 is 17.4 Å². The predicted molar refractivity (Wildman–Crippen MR) is 61.9 cm³/mol. The molecule has 0 fully saturated rings. The van der Waals surface area contributed by atoms with Crippen molar-refractivity contribution in [1.29, 1.82) is 0 Å². The van der Waals surface area contributed by atoms with Gasteiger partial charge in [-0.1, -0.05) is 25.4 Å². The maximum absolute atomic E-state index is 13.4. The predicted octanol–water partition coefficient (Wildman–Crippen LogP) is 3.36. The highest BCUT2D eigenvalue weighted by molar-refractivity contribution is 6.30. The average molecular weight is 231 g/mol. The number of pyridine rings is 1. The lowest BCUT2D eigenvalue weighted by atomic mass is 10.1. The molecule has 1 heterocycles. The summed E-state index contributed by atoms with van der Waals surface area (Å²) in [5.41, 5.74) is 0. The van der Waals surface area contributed by atoms with E-state index in [1.54, 1.807) is 0 Å². The van der Waals surface area contributed by atoms with Crippen molar-refractivity contribution in [2.75, 3.05) is 18.5 Å². The normalized spacial score (nSPS) is 10.8. The highest BCUT2D eigenvalue weighted by Crippen LogP contribution is 2.19. The summed E-state index contributed by atoms with van der Waals surface area (Å²) < 4.78 is 13.4. The summed E-state index contributed by atoms with van der Waals surface area (Å²) in [6, 6.07) is 1.29. The van der Waals surface area contributed by atoms with Gasteiger partial charge < -0.3 is 4.90 Å². The van der Waals surface area contributed by atoms with E-state index in [0.29, 0.717) is 16.8 Å². The second kappa shape index (κ2) is 5.31. The van der Waals surface area contributed by atoms with Crippen LogP contribution in [0.4, 0.5) is 10.2 Å². The summed E-state index contributed by atoms with van der Waals surface area (Å²) in [6.07, 6.45) is 2.48. The molecule has 0 N–H and O–H groups in total. The van der Waals surface area contributed by atoms with Gasteiger partial charge in [0.1, 0.15) is 0 Å². The van der Waals surface area contributed by atoms with E-state index in [-0.39, 0.29) is 5.82 Å². The Morgan fingerprint density at radius 1 is 1.53 bits per heavy atom. The lowest BCUT2D eigenvalue weighted by molar-refractivity contribution is 0.570. The van der Waals surface area contributed by atoms with Gasteiger partial charge >= 0.3 is 0 Å². The third-order valence-electron chi connectivity index (χ3n) is 2.19. The minimum atomic E-state index is -0.367. The summed E-state index contributed by atoms with van der Waals surface area (Å²) >= 11 is 5.63. The molecule has 0 aromatic carbocycles. The molecule has 0 unspecified atom stereocenters. The fourth-order valence-electron chi connectivity index (χ4n) is 1.25. The van der Waals surface area contributed by atoms with Crippen molar-refractivity contribution in [3.05, 3.63) is 23.1 Å². The van der Waals surface area contributed by atoms with Crippen LogP contribution in [0, 0.1) is 11.7 Å². The van der Waals surface area contributed by atoms with Crippen molar-refractivity contribution in [2.45, 2.75) is 20.3 Å². The summed E-state index contributed by atoms with van der Waals surface area (Å²) in [5.74, 6) is 0.594. The Hall–Kier alpha value is -0.830. The zero-order valence-electron chi connectivity index (χ0n) is 9.30. The maximum atomic E-state index is 13.4. The van der Waals surface area contributed by atoms with Crippen LogP contribution in [-0.4, -0.2) is 18.6 Å². The molecule has 4 heteroatoms. The van der Waals surface area contributed by atoms with Gasteiger partial charge in [-0.15, -0.1) is 0 Å². The highest BCUT2D eigenvalue weighted by Gasteiger charge is 2.09. The fraction of sp³-hybridized carbons (Fsp3) is 0.545. The molecule has 0 saturated heterocycles. The van der Waals surface area contributed by atoms with Gasteiger partial charge in [-0.25, -0.2) is 9.37 Å². The van der Waals surface area contributed by atoms with Gasteiger partial charge in [0.15, 0.2) is 11.6 Å². The highest BCUT2D eigenvalue weighted by atomic mass is 35.5. The first-order chi connectivity index (χ1) is 7.00. The van der Waals surface area contributed by atoms with Crippen LogP contribution in [0.25, 0.3) is 0 Å². The van der Waals surface area contributed by atoms with Crippen molar-refractivity contribution in [2.24, 2.45) is 5.92 Å². The molecule has 0 bridgehead atoms. The quantitative estimate of drug-likeness (QED) is 0.789. The van der Waals surface area contributed by atoms with E-state index in [4.69, 9.17) is 11.6 Å². The first-order valence-corrected chi connectivity index (χ1v) is 5.40. The molecule has 0 atom stereocenters. The summed E-state index contributed by atoms with van der Waals surface area (Å²) in [6.45, 7) is 5.07. The van der Waals surface area contributed by atoms with Gasteiger partial charge in [-0.05, 0) is 18.4 Å². The van der Waals surface area contributed by atoms with Gasteiger partial charge in [0.05, 0.1) is 5.02 Å². The van der Waals surface area contributed by atoms with Crippen LogP contribution in [0.5, 0.6) is 0 Å². The molecule has 0 aliphatic carbocycles. The van der Waals surface area contributed by atoms with E-state index < -0.39 is 0 Å². The number of hydrogen-bond donors (Lipinski definition) is 0. The number of halogens is 2. The monoisotopic (exact) mass is 230 g/mol. The smallest absolute Gasteiger partial charge is 0.167 e. The lowest BCUT2D eigenvalue weighted by Crippen LogP contribution is -2.22. The molecule has 84 valence electrons. The third kappa shape index (κ3) is 3.67. The second-order valence-corrected chi connectivity index (χ2v) is 4.50. The van der Waals surface area contributed by atoms with Crippen molar-refractivity contribution in [3.8, 4) is 0 Å². The number of anilines is 1. The molecule has 0 radical (unpaired) electrons. The molecule has 15 heavy (non-hydrogen) atoms. The Labute approximate surface area is 95.1 Å². The standard InChI is InChI=1S/C11H16ClFN2/c1-8(2)4-5-15(3)11-10(13)6-9(12)7-14-11/h6-8H,4-5H2,1-3H3. The third-order valence-corrected chi connectivity index (χ3v) is 2.40. The SMILES string of the molecule is CC(C)CCN(C)c1ncc(Cl)cc1F. The number of nitrogens with zero attached hydrogens (tertiary/aromatic N) is 2. The van der Waals surface area contributed by atoms with Crippen molar-refractivity contribution in [3.63, 3.8) is 0 Å². The molecule has 1 rings (SSSR count). The van der Waals surface area contributed by atoms with Gasteiger partial charge in [0, 0.05) is 19.8 Å². The summed E-state index contributed by atoms with van der Waals surface area (Å²) in [4.78, 5) is 5.79. The van der Waals surface area contributed by atoms with E-state index in [1.165, 1.54) is 12.3 Å². The van der Waals surface area contributed by atoms with Gasteiger partial charge in [-0.2, -0.15) is 0 Å². The van der Waals surface area contributed by atoms with Crippen molar-refractivity contribution < 1.29 is 4.39 Å². The summed E-state index contributed by atoms with van der Waals surface area (Å²) in [5, 5.41) is 0.327. The Balaban J connectivity index is 2.69. The zero-order chi connectivity index (χ0) is 11.4. The summed E-state index contributed by atoms with van der Waals surface area (Å²) in [7, 11) is 1.84. The molecule has 0 spiro atoms. The Bertz CT molecular complexity index is 328. The Morgan fingerprint density at radius 3 is 2.73 bits per heavy atom.